The number of rotatable bonds is 2. The fourth-order valence-corrected chi connectivity index (χ4v) is 2.91. The van der Waals surface area contributed by atoms with Crippen molar-refractivity contribution in [2.75, 3.05) is 5.32 Å². The van der Waals surface area contributed by atoms with E-state index in [9.17, 15) is 4.79 Å². The van der Waals surface area contributed by atoms with Crippen LogP contribution >= 0.6 is 11.6 Å². The average molecular weight is 305 g/mol. The molecule has 0 fully saturated rings. The predicted molar refractivity (Wildman–Crippen MR) is 82.7 cm³/mol. The van der Waals surface area contributed by atoms with Crippen molar-refractivity contribution < 1.29 is 9.21 Å². The van der Waals surface area contributed by atoms with Crippen LogP contribution in [0.2, 0.25) is 5.02 Å². The normalized spacial score (nSPS) is 17.1. The van der Waals surface area contributed by atoms with E-state index < -0.39 is 0 Å². The standard InChI is InChI=1S/C16H17ClN2O2/c1-10-9-21-14-4-2-3-13(15(10)14)19-16(20)18-12-7-5-11(17)6-8-12/h5-9,13H,2-4H2,1H3,(H2,18,19,20)/t13-/m0/s1. The number of hydrogen-bond donors (Lipinski definition) is 2. The van der Waals surface area contributed by atoms with Crippen LogP contribution < -0.4 is 10.6 Å². The molecule has 1 atom stereocenters. The zero-order chi connectivity index (χ0) is 14.8. The monoisotopic (exact) mass is 304 g/mol. The van der Waals surface area contributed by atoms with Gasteiger partial charge in [-0.1, -0.05) is 11.6 Å². The SMILES string of the molecule is Cc1coc2c1[C@@H](NC(=O)Nc1ccc(Cl)cc1)CCC2. The highest BCUT2D eigenvalue weighted by Crippen LogP contribution is 2.33. The Labute approximate surface area is 128 Å². The van der Waals surface area contributed by atoms with Gasteiger partial charge in [0.25, 0.3) is 0 Å². The van der Waals surface area contributed by atoms with E-state index in [0.29, 0.717) is 5.02 Å². The molecule has 1 aromatic heterocycles. The van der Waals surface area contributed by atoms with Gasteiger partial charge in [-0.15, -0.1) is 0 Å². The van der Waals surface area contributed by atoms with Crippen LogP contribution in [0.1, 0.15) is 35.8 Å². The Balaban J connectivity index is 1.68. The van der Waals surface area contributed by atoms with Gasteiger partial charge in [-0.05, 0) is 49.6 Å². The highest BCUT2D eigenvalue weighted by Gasteiger charge is 2.26. The van der Waals surface area contributed by atoms with Gasteiger partial charge in [-0.2, -0.15) is 0 Å². The van der Waals surface area contributed by atoms with Crippen LogP contribution in [0, 0.1) is 6.92 Å². The molecule has 1 aliphatic rings. The zero-order valence-corrected chi connectivity index (χ0v) is 12.5. The highest BCUT2D eigenvalue weighted by atomic mass is 35.5. The number of urea groups is 1. The van der Waals surface area contributed by atoms with Gasteiger partial charge in [0.1, 0.15) is 5.76 Å². The van der Waals surface area contributed by atoms with Gasteiger partial charge in [0.2, 0.25) is 0 Å². The Hall–Kier alpha value is -1.94. The molecule has 0 spiro atoms. The van der Waals surface area contributed by atoms with Crippen LogP contribution in [0.15, 0.2) is 34.9 Å². The van der Waals surface area contributed by atoms with Crippen molar-refractivity contribution in [3.05, 3.63) is 52.4 Å². The molecular weight excluding hydrogens is 288 g/mol. The van der Waals surface area contributed by atoms with Crippen molar-refractivity contribution in [3.8, 4) is 0 Å². The summed E-state index contributed by atoms with van der Waals surface area (Å²) in [5.74, 6) is 0.996. The number of anilines is 1. The maximum atomic E-state index is 12.1. The third-order valence-electron chi connectivity index (χ3n) is 3.76. The first-order valence-corrected chi connectivity index (χ1v) is 7.41. The molecule has 0 bridgehead atoms. The summed E-state index contributed by atoms with van der Waals surface area (Å²) in [6.45, 7) is 2.01. The smallest absolute Gasteiger partial charge is 0.319 e. The molecule has 4 nitrogen and oxygen atoms in total. The summed E-state index contributed by atoms with van der Waals surface area (Å²) in [6.07, 6.45) is 4.66. The first-order valence-electron chi connectivity index (χ1n) is 7.03. The number of benzene rings is 1. The van der Waals surface area contributed by atoms with Gasteiger partial charge in [-0.25, -0.2) is 4.79 Å². The number of hydrogen-bond acceptors (Lipinski definition) is 2. The molecule has 0 aliphatic heterocycles. The maximum Gasteiger partial charge on any atom is 0.319 e. The van der Waals surface area contributed by atoms with Crippen LogP contribution in [-0.4, -0.2) is 6.03 Å². The van der Waals surface area contributed by atoms with Crippen LogP contribution in [-0.2, 0) is 6.42 Å². The number of aryl methyl sites for hydroxylation is 2. The lowest BCUT2D eigenvalue weighted by Crippen LogP contribution is -2.34. The Morgan fingerprint density at radius 1 is 1.33 bits per heavy atom. The van der Waals surface area contributed by atoms with Crippen LogP contribution in [0.3, 0.4) is 0 Å². The molecule has 2 amide bonds. The lowest BCUT2D eigenvalue weighted by atomic mass is 9.91. The summed E-state index contributed by atoms with van der Waals surface area (Å²) in [5.41, 5.74) is 2.95. The molecule has 1 aliphatic carbocycles. The van der Waals surface area contributed by atoms with E-state index in [4.69, 9.17) is 16.0 Å². The number of halogens is 1. The summed E-state index contributed by atoms with van der Waals surface area (Å²) < 4.78 is 5.54. The second-order valence-electron chi connectivity index (χ2n) is 5.31. The van der Waals surface area contributed by atoms with Gasteiger partial charge >= 0.3 is 6.03 Å². The first kappa shape index (κ1) is 14.0. The Morgan fingerprint density at radius 2 is 2.10 bits per heavy atom. The number of fused-ring (bicyclic) bond motifs is 1. The number of nitrogens with one attached hydrogen (secondary N) is 2. The third-order valence-corrected chi connectivity index (χ3v) is 4.01. The van der Waals surface area contributed by atoms with Gasteiger partial charge in [0.05, 0.1) is 12.3 Å². The lowest BCUT2D eigenvalue weighted by molar-refractivity contribution is 0.246. The van der Waals surface area contributed by atoms with Gasteiger partial charge in [0, 0.05) is 22.7 Å². The molecule has 5 heteroatoms. The van der Waals surface area contributed by atoms with Crippen molar-refractivity contribution in [2.45, 2.75) is 32.2 Å². The molecule has 0 unspecified atom stereocenters. The van der Waals surface area contributed by atoms with E-state index in [1.54, 1.807) is 30.5 Å². The maximum absolute atomic E-state index is 12.1. The second kappa shape index (κ2) is 5.82. The molecule has 2 aromatic rings. The second-order valence-corrected chi connectivity index (χ2v) is 5.74. The zero-order valence-electron chi connectivity index (χ0n) is 11.8. The number of carbonyl (C=O) groups excluding carboxylic acids is 1. The molecule has 0 radical (unpaired) electrons. The Kier molecular flexibility index (Phi) is 3.88. The molecular formula is C16H17ClN2O2. The number of carbonyl (C=O) groups is 1. The van der Waals surface area contributed by atoms with Crippen molar-refractivity contribution in [3.63, 3.8) is 0 Å². The summed E-state index contributed by atoms with van der Waals surface area (Å²) in [5, 5.41) is 6.49. The summed E-state index contributed by atoms with van der Waals surface area (Å²) >= 11 is 5.83. The summed E-state index contributed by atoms with van der Waals surface area (Å²) in [6, 6.07) is 6.84. The van der Waals surface area contributed by atoms with E-state index in [0.717, 1.165) is 41.8 Å². The summed E-state index contributed by atoms with van der Waals surface area (Å²) in [4.78, 5) is 12.1. The molecule has 1 heterocycles. The minimum Gasteiger partial charge on any atom is -0.469 e. The Morgan fingerprint density at radius 3 is 2.86 bits per heavy atom. The van der Waals surface area contributed by atoms with E-state index in [1.165, 1.54) is 0 Å². The van der Waals surface area contributed by atoms with Gasteiger partial charge in [0.15, 0.2) is 0 Å². The third kappa shape index (κ3) is 3.05. The van der Waals surface area contributed by atoms with Crippen LogP contribution in [0.4, 0.5) is 10.5 Å². The van der Waals surface area contributed by atoms with Crippen molar-refractivity contribution in [1.29, 1.82) is 0 Å². The molecule has 0 saturated heterocycles. The van der Waals surface area contributed by atoms with E-state index >= 15 is 0 Å². The number of furan rings is 1. The van der Waals surface area contributed by atoms with Crippen LogP contribution in [0.25, 0.3) is 0 Å². The minimum atomic E-state index is -0.212. The predicted octanol–water partition coefficient (Wildman–Crippen LogP) is 4.44. The molecule has 1 aromatic carbocycles. The quantitative estimate of drug-likeness (QED) is 0.861. The fourth-order valence-electron chi connectivity index (χ4n) is 2.78. The van der Waals surface area contributed by atoms with Crippen molar-refractivity contribution >= 4 is 23.3 Å². The van der Waals surface area contributed by atoms with Gasteiger partial charge in [-0.3, -0.25) is 0 Å². The minimum absolute atomic E-state index is 0.0137. The van der Waals surface area contributed by atoms with E-state index in [2.05, 4.69) is 10.6 Å². The summed E-state index contributed by atoms with van der Waals surface area (Å²) in [7, 11) is 0. The molecule has 3 rings (SSSR count). The van der Waals surface area contributed by atoms with Crippen LogP contribution in [0.5, 0.6) is 0 Å². The van der Waals surface area contributed by atoms with E-state index in [-0.39, 0.29) is 12.1 Å². The van der Waals surface area contributed by atoms with Crippen molar-refractivity contribution in [2.24, 2.45) is 0 Å². The first-order chi connectivity index (χ1) is 10.1. The molecule has 2 N–H and O–H groups in total. The van der Waals surface area contributed by atoms with Crippen molar-refractivity contribution in [1.82, 2.24) is 5.32 Å². The highest BCUT2D eigenvalue weighted by molar-refractivity contribution is 6.30. The van der Waals surface area contributed by atoms with Gasteiger partial charge < -0.3 is 15.1 Å². The fraction of sp³-hybridized carbons (Fsp3) is 0.312. The molecule has 21 heavy (non-hydrogen) atoms. The topological polar surface area (TPSA) is 54.3 Å². The largest absolute Gasteiger partial charge is 0.469 e. The van der Waals surface area contributed by atoms with E-state index in [1.807, 2.05) is 6.92 Å². The lowest BCUT2D eigenvalue weighted by Gasteiger charge is -2.23. The molecule has 0 saturated carbocycles. The number of amides is 2. The Bertz CT molecular complexity index is 649. The average Bonchev–Trinajstić information content (AvgIpc) is 2.84. The molecule has 110 valence electrons.